The lowest BCUT2D eigenvalue weighted by Gasteiger charge is -2.10. The summed E-state index contributed by atoms with van der Waals surface area (Å²) in [6.45, 7) is 0.779. The summed E-state index contributed by atoms with van der Waals surface area (Å²) in [5.41, 5.74) is 3.71. The van der Waals surface area contributed by atoms with E-state index in [1.54, 1.807) is 11.8 Å². The third-order valence-electron chi connectivity index (χ3n) is 4.60. The average Bonchev–Trinajstić information content (AvgIpc) is 3.14. The highest BCUT2D eigenvalue weighted by atomic mass is 32.2. The molecule has 0 radical (unpaired) electrons. The number of benzene rings is 3. The SMILES string of the molecule is C(=C\c1ccccc1)/CSc1nnc(Cc2ccccc2)n1Cc1ccccc1. The Balaban J connectivity index is 1.51. The molecule has 0 spiro atoms. The Labute approximate surface area is 176 Å². The van der Waals surface area contributed by atoms with Gasteiger partial charge in [-0.3, -0.25) is 0 Å². The Morgan fingerprint density at radius 2 is 1.34 bits per heavy atom. The van der Waals surface area contributed by atoms with Crippen molar-refractivity contribution in [2.24, 2.45) is 0 Å². The van der Waals surface area contributed by atoms with Crippen molar-refractivity contribution in [2.45, 2.75) is 18.1 Å². The standard InChI is InChI=1S/C25H23N3S/c1-4-11-21(12-5-1)17-10-18-29-25-27-26-24(19-22-13-6-2-7-14-22)28(25)20-23-15-8-3-9-16-23/h1-17H,18-20H2/b17-10+. The molecule has 0 aliphatic heterocycles. The molecule has 0 N–H and O–H groups in total. The minimum Gasteiger partial charge on any atom is -0.301 e. The molecule has 0 saturated carbocycles. The first kappa shape index (κ1) is 19.2. The third-order valence-corrected chi connectivity index (χ3v) is 5.52. The van der Waals surface area contributed by atoms with Crippen molar-refractivity contribution in [2.75, 3.05) is 5.75 Å². The molecule has 0 amide bonds. The highest BCUT2D eigenvalue weighted by molar-refractivity contribution is 7.99. The van der Waals surface area contributed by atoms with Gasteiger partial charge in [-0.2, -0.15) is 0 Å². The van der Waals surface area contributed by atoms with E-state index in [4.69, 9.17) is 0 Å². The van der Waals surface area contributed by atoms with Crippen LogP contribution in [-0.2, 0) is 13.0 Å². The van der Waals surface area contributed by atoms with Crippen LogP contribution in [0.2, 0.25) is 0 Å². The summed E-state index contributed by atoms with van der Waals surface area (Å²) < 4.78 is 2.24. The molecule has 1 heterocycles. The lowest BCUT2D eigenvalue weighted by Crippen LogP contribution is -2.07. The van der Waals surface area contributed by atoms with Crippen molar-refractivity contribution in [1.29, 1.82) is 0 Å². The van der Waals surface area contributed by atoms with Crippen LogP contribution < -0.4 is 0 Å². The van der Waals surface area contributed by atoms with Crippen molar-refractivity contribution < 1.29 is 0 Å². The molecule has 0 fully saturated rings. The van der Waals surface area contributed by atoms with Gasteiger partial charge in [0.05, 0.1) is 6.54 Å². The summed E-state index contributed by atoms with van der Waals surface area (Å²) in [6.07, 6.45) is 5.11. The quantitative estimate of drug-likeness (QED) is 0.356. The summed E-state index contributed by atoms with van der Waals surface area (Å²) >= 11 is 1.72. The molecule has 3 aromatic carbocycles. The van der Waals surface area contributed by atoms with Gasteiger partial charge in [-0.15, -0.1) is 10.2 Å². The summed E-state index contributed by atoms with van der Waals surface area (Å²) in [6, 6.07) is 31.3. The van der Waals surface area contributed by atoms with E-state index < -0.39 is 0 Å². The predicted octanol–water partition coefficient (Wildman–Crippen LogP) is 5.72. The first-order valence-electron chi connectivity index (χ1n) is 9.73. The molecule has 3 nitrogen and oxygen atoms in total. The minimum absolute atomic E-state index is 0.779. The lowest BCUT2D eigenvalue weighted by atomic mass is 10.1. The number of nitrogens with zero attached hydrogens (tertiary/aromatic N) is 3. The molecular weight excluding hydrogens is 374 g/mol. The largest absolute Gasteiger partial charge is 0.301 e. The topological polar surface area (TPSA) is 30.7 Å². The highest BCUT2D eigenvalue weighted by Gasteiger charge is 2.13. The van der Waals surface area contributed by atoms with Crippen LogP contribution in [0.25, 0.3) is 6.08 Å². The smallest absolute Gasteiger partial charge is 0.191 e. The zero-order valence-corrected chi connectivity index (χ0v) is 17.0. The molecule has 0 saturated heterocycles. The maximum absolute atomic E-state index is 4.51. The van der Waals surface area contributed by atoms with E-state index in [0.717, 1.165) is 29.7 Å². The van der Waals surface area contributed by atoms with E-state index in [1.807, 2.05) is 18.2 Å². The fraction of sp³-hybridized carbons (Fsp3) is 0.120. The van der Waals surface area contributed by atoms with E-state index in [0.29, 0.717) is 0 Å². The van der Waals surface area contributed by atoms with E-state index in [2.05, 4.69) is 99.7 Å². The van der Waals surface area contributed by atoms with Gasteiger partial charge in [0.2, 0.25) is 0 Å². The summed E-state index contributed by atoms with van der Waals surface area (Å²) in [5, 5.41) is 9.96. The molecule has 4 aromatic rings. The number of hydrogen-bond donors (Lipinski definition) is 0. The first-order valence-corrected chi connectivity index (χ1v) is 10.7. The Morgan fingerprint density at radius 1 is 0.724 bits per heavy atom. The van der Waals surface area contributed by atoms with Gasteiger partial charge >= 0.3 is 0 Å². The zero-order valence-electron chi connectivity index (χ0n) is 16.2. The second-order valence-electron chi connectivity index (χ2n) is 6.76. The summed E-state index contributed by atoms with van der Waals surface area (Å²) in [5.74, 6) is 1.85. The van der Waals surface area contributed by atoms with Gasteiger partial charge in [0.1, 0.15) is 5.82 Å². The molecule has 29 heavy (non-hydrogen) atoms. The Kier molecular flexibility index (Phi) is 6.56. The van der Waals surface area contributed by atoms with Crippen LogP contribution in [0.3, 0.4) is 0 Å². The molecule has 4 heteroatoms. The molecule has 0 bridgehead atoms. The van der Waals surface area contributed by atoms with E-state index in [1.165, 1.54) is 16.7 Å². The number of aromatic nitrogens is 3. The van der Waals surface area contributed by atoms with E-state index in [9.17, 15) is 0 Å². The fourth-order valence-electron chi connectivity index (χ4n) is 3.13. The molecule has 0 aliphatic rings. The predicted molar refractivity (Wildman–Crippen MR) is 121 cm³/mol. The normalized spacial score (nSPS) is 11.2. The maximum atomic E-state index is 4.51. The number of thioether (sulfide) groups is 1. The second kappa shape index (κ2) is 9.89. The summed E-state index contributed by atoms with van der Waals surface area (Å²) in [4.78, 5) is 0. The Bertz CT molecular complexity index is 1040. The Hall–Kier alpha value is -3.11. The highest BCUT2D eigenvalue weighted by Crippen LogP contribution is 2.21. The van der Waals surface area contributed by atoms with Crippen LogP contribution >= 0.6 is 11.8 Å². The van der Waals surface area contributed by atoms with Crippen molar-refractivity contribution >= 4 is 17.8 Å². The van der Waals surface area contributed by atoms with Gasteiger partial charge in [0.15, 0.2) is 5.16 Å². The van der Waals surface area contributed by atoms with Gasteiger partial charge in [-0.25, -0.2) is 0 Å². The average molecular weight is 398 g/mol. The van der Waals surface area contributed by atoms with Crippen molar-refractivity contribution in [3.63, 3.8) is 0 Å². The van der Waals surface area contributed by atoms with Gasteiger partial charge in [-0.1, -0.05) is 115 Å². The molecule has 0 unspecified atom stereocenters. The van der Waals surface area contributed by atoms with Crippen LogP contribution in [0.4, 0.5) is 0 Å². The zero-order chi connectivity index (χ0) is 19.7. The molecule has 1 aromatic heterocycles. The van der Waals surface area contributed by atoms with Crippen LogP contribution in [0.5, 0.6) is 0 Å². The Morgan fingerprint density at radius 3 is 2.03 bits per heavy atom. The van der Waals surface area contributed by atoms with Crippen LogP contribution in [0.15, 0.2) is 102 Å². The van der Waals surface area contributed by atoms with Crippen LogP contribution in [0, 0.1) is 0 Å². The second-order valence-corrected chi connectivity index (χ2v) is 7.74. The minimum atomic E-state index is 0.779. The molecular formula is C25H23N3S. The van der Waals surface area contributed by atoms with Crippen molar-refractivity contribution in [3.05, 3.63) is 120 Å². The van der Waals surface area contributed by atoms with Gasteiger partial charge in [-0.05, 0) is 16.7 Å². The van der Waals surface area contributed by atoms with E-state index >= 15 is 0 Å². The maximum Gasteiger partial charge on any atom is 0.191 e. The molecule has 0 atom stereocenters. The monoisotopic (exact) mass is 397 g/mol. The first-order chi connectivity index (χ1) is 14.4. The molecule has 4 rings (SSSR count). The third kappa shape index (κ3) is 5.46. The van der Waals surface area contributed by atoms with E-state index in [-0.39, 0.29) is 0 Å². The van der Waals surface area contributed by atoms with Gasteiger partial charge in [0, 0.05) is 12.2 Å². The van der Waals surface area contributed by atoms with Crippen molar-refractivity contribution in [3.8, 4) is 0 Å². The van der Waals surface area contributed by atoms with Crippen LogP contribution in [-0.4, -0.2) is 20.5 Å². The van der Waals surface area contributed by atoms with Gasteiger partial charge < -0.3 is 4.57 Å². The number of hydrogen-bond acceptors (Lipinski definition) is 3. The van der Waals surface area contributed by atoms with Gasteiger partial charge in [0.25, 0.3) is 0 Å². The number of rotatable bonds is 8. The molecule has 144 valence electrons. The summed E-state index contributed by atoms with van der Waals surface area (Å²) in [7, 11) is 0. The molecule has 0 aliphatic carbocycles. The lowest BCUT2D eigenvalue weighted by molar-refractivity contribution is 0.676. The fourth-order valence-corrected chi connectivity index (χ4v) is 3.90. The van der Waals surface area contributed by atoms with Crippen molar-refractivity contribution in [1.82, 2.24) is 14.8 Å². The van der Waals surface area contributed by atoms with Crippen LogP contribution in [0.1, 0.15) is 22.5 Å².